The van der Waals surface area contributed by atoms with Crippen molar-refractivity contribution in [2.24, 2.45) is 4.99 Å². The van der Waals surface area contributed by atoms with Gasteiger partial charge in [0.25, 0.3) is 0 Å². The van der Waals surface area contributed by atoms with Crippen LogP contribution in [0.25, 0.3) is 0 Å². The quantitative estimate of drug-likeness (QED) is 0.464. The number of aliphatic imine (C=N–C) groups is 1. The lowest BCUT2D eigenvalue weighted by Crippen LogP contribution is -2.06. The van der Waals surface area contributed by atoms with E-state index >= 15 is 0 Å². The summed E-state index contributed by atoms with van der Waals surface area (Å²) in [5.74, 6) is 0. The third-order valence-corrected chi connectivity index (χ3v) is 3.01. The fraction of sp³-hybridized carbons (Fsp3) is 0.222. The molecule has 4 nitrogen and oxygen atoms in total. The maximum Gasteiger partial charge on any atom is 0.161 e. The van der Waals surface area contributed by atoms with Crippen LogP contribution in [0.3, 0.4) is 0 Å². The third kappa shape index (κ3) is 2.55. The van der Waals surface area contributed by atoms with E-state index in [-0.39, 0.29) is 10.6 Å². The van der Waals surface area contributed by atoms with Crippen LogP contribution in [0.4, 0.5) is 5.00 Å². The molecular formula is C9H8ClN3OS. The van der Waals surface area contributed by atoms with Crippen LogP contribution in [-0.2, 0) is 0 Å². The number of nitriles is 1. The standard InChI is InChI=1S/C9H8ClN3OS/c1-13(2)5-12-9-6(3-11)8(10)7(4-14)15-9/h4-5H,1-2H3/b12-5-. The van der Waals surface area contributed by atoms with Gasteiger partial charge in [-0.15, -0.1) is 11.3 Å². The third-order valence-electron chi connectivity index (χ3n) is 1.48. The van der Waals surface area contributed by atoms with Gasteiger partial charge in [0.2, 0.25) is 0 Å². The number of nitrogens with zero attached hydrogens (tertiary/aromatic N) is 3. The van der Waals surface area contributed by atoms with Crippen molar-refractivity contribution in [1.29, 1.82) is 5.26 Å². The Bertz CT molecular complexity index is 445. The second-order valence-electron chi connectivity index (χ2n) is 2.90. The first kappa shape index (κ1) is 11.7. The van der Waals surface area contributed by atoms with Gasteiger partial charge in [-0.25, -0.2) is 4.99 Å². The molecule has 0 aromatic carbocycles. The predicted molar refractivity (Wildman–Crippen MR) is 61.3 cm³/mol. The molecule has 0 N–H and O–H groups in total. The summed E-state index contributed by atoms with van der Waals surface area (Å²) in [4.78, 5) is 16.7. The number of hydrogen-bond donors (Lipinski definition) is 0. The van der Waals surface area contributed by atoms with Crippen LogP contribution in [0.5, 0.6) is 0 Å². The summed E-state index contributed by atoms with van der Waals surface area (Å²) in [6.45, 7) is 0. The Balaban J connectivity index is 3.19. The predicted octanol–water partition coefficient (Wildman–Crippen LogP) is 2.31. The second kappa shape index (κ2) is 4.91. The van der Waals surface area contributed by atoms with E-state index in [9.17, 15) is 4.79 Å². The molecule has 0 aliphatic rings. The van der Waals surface area contributed by atoms with Crippen molar-refractivity contribution < 1.29 is 4.79 Å². The molecule has 0 amide bonds. The van der Waals surface area contributed by atoms with Crippen LogP contribution < -0.4 is 0 Å². The SMILES string of the molecule is CN(C)/C=N\c1sc(C=O)c(Cl)c1C#N. The highest BCUT2D eigenvalue weighted by molar-refractivity contribution is 7.18. The molecule has 0 fully saturated rings. The van der Waals surface area contributed by atoms with Gasteiger partial charge in [0, 0.05) is 14.1 Å². The Kier molecular flexibility index (Phi) is 3.83. The van der Waals surface area contributed by atoms with E-state index in [0.717, 1.165) is 11.3 Å². The number of halogens is 1. The molecule has 0 unspecified atom stereocenters. The normalized spacial score (nSPS) is 10.3. The van der Waals surface area contributed by atoms with Gasteiger partial charge >= 0.3 is 0 Å². The number of carbonyl (C=O) groups is 1. The van der Waals surface area contributed by atoms with Crippen LogP contribution in [0, 0.1) is 11.3 Å². The van der Waals surface area contributed by atoms with Crippen molar-refractivity contribution in [3.05, 3.63) is 15.5 Å². The number of thiophene rings is 1. The first-order valence-corrected chi connectivity index (χ1v) is 5.17. The minimum atomic E-state index is 0.184. The Morgan fingerprint density at radius 2 is 2.27 bits per heavy atom. The molecule has 1 aromatic rings. The molecule has 0 saturated heterocycles. The largest absolute Gasteiger partial charge is 0.369 e. The lowest BCUT2D eigenvalue weighted by atomic mass is 10.3. The zero-order valence-corrected chi connectivity index (χ0v) is 9.76. The highest BCUT2D eigenvalue weighted by Crippen LogP contribution is 2.37. The molecule has 1 rings (SSSR count). The molecule has 0 aliphatic heterocycles. The molecule has 78 valence electrons. The Hall–Kier alpha value is -1.38. The Morgan fingerprint density at radius 1 is 1.60 bits per heavy atom. The smallest absolute Gasteiger partial charge is 0.161 e. The van der Waals surface area contributed by atoms with E-state index in [1.54, 1.807) is 11.2 Å². The highest BCUT2D eigenvalue weighted by Gasteiger charge is 2.15. The number of hydrogen-bond acceptors (Lipinski definition) is 4. The molecule has 1 aromatic heterocycles. The van der Waals surface area contributed by atoms with Crippen molar-refractivity contribution in [3.8, 4) is 6.07 Å². The van der Waals surface area contributed by atoms with Crippen molar-refractivity contribution in [1.82, 2.24) is 4.90 Å². The van der Waals surface area contributed by atoms with Crippen LogP contribution in [0.1, 0.15) is 15.2 Å². The van der Waals surface area contributed by atoms with Gasteiger partial charge in [-0.2, -0.15) is 5.26 Å². The zero-order chi connectivity index (χ0) is 11.4. The van der Waals surface area contributed by atoms with E-state index in [1.165, 1.54) is 0 Å². The minimum absolute atomic E-state index is 0.184. The first-order chi connectivity index (χ1) is 7.10. The van der Waals surface area contributed by atoms with Gasteiger partial charge in [-0.3, -0.25) is 4.79 Å². The summed E-state index contributed by atoms with van der Waals surface area (Å²) in [7, 11) is 3.62. The fourth-order valence-electron chi connectivity index (χ4n) is 0.849. The van der Waals surface area contributed by atoms with E-state index in [4.69, 9.17) is 16.9 Å². The molecule has 0 atom stereocenters. The van der Waals surface area contributed by atoms with Gasteiger partial charge < -0.3 is 4.90 Å². The monoisotopic (exact) mass is 241 g/mol. The first-order valence-electron chi connectivity index (χ1n) is 3.98. The van der Waals surface area contributed by atoms with Crippen molar-refractivity contribution >= 4 is 40.6 Å². The summed E-state index contributed by atoms with van der Waals surface area (Å²) in [6.07, 6.45) is 2.18. The molecule has 0 aliphatic carbocycles. The van der Waals surface area contributed by atoms with Gasteiger partial charge in [-0.05, 0) is 0 Å². The van der Waals surface area contributed by atoms with E-state index in [0.29, 0.717) is 16.2 Å². The number of carbonyl (C=O) groups excluding carboxylic acids is 1. The van der Waals surface area contributed by atoms with Gasteiger partial charge in [-0.1, -0.05) is 11.6 Å². The van der Waals surface area contributed by atoms with Crippen molar-refractivity contribution in [2.75, 3.05) is 14.1 Å². The van der Waals surface area contributed by atoms with Gasteiger partial charge in [0.1, 0.15) is 16.6 Å². The van der Waals surface area contributed by atoms with E-state index < -0.39 is 0 Å². The number of rotatable bonds is 3. The van der Waals surface area contributed by atoms with E-state index in [2.05, 4.69) is 4.99 Å². The summed E-state index contributed by atoms with van der Waals surface area (Å²) < 4.78 is 0. The lowest BCUT2D eigenvalue weighted by molar-refractivity contribution is 0.112. The van der Waals surface area contributed by atoms with Crippen molar-refractivity contribution in [3.63, 3.8) is 0 Å². The van der Waals surface area contributed by atoms with Crippen LogP contribution in [0.2, 0.25) is 5.02 Å². The Labute approximate surface area is 96.4 Å². The van der Waals surface area contributed by atoms with Gasteiger partial charge in [0.05, 0.1) is 16.2 Å². The maximum absolute atomic E-state index is 10.6. The highest BCUT2D eigenvalue weighted by atomic mass is 35.5. The molecule has 0 bridgehead atoms. The summed E-state index contributed by atoms with van der Waals surface area (Å²) in [5.41, 5.74) is 0.252. The van der Waals surface area contributed by atoms with E-state index in [1.807, 2.05) is 20.2 Å². The average molecular weight is 242 g/mol. The number of aldehydes is 1. The van der Waals surface area contributed by atoms with Crippen LogP contribution in [-0.4, -0.2) is 31.6 Å². The molecule has 15 heavy (non-hydrogen) atoms. The zero-order valence-electron chi connectivity index (χ0n) is 8.19. The topological polar surface area (TPSA) is 56.5 Å². The molecule has 0 saturated carbocycles. The van der Waals surface area contributed by atoms with Gasteiger partial charge in [0.15, 0.2) is 6.29 Å². The molecule has 0 spiro atoms. The minimum Gasteiger partial charge on any atom is -0.369 e. The summed E-state index contributed by atoms with van der Waals surface area (Å²) in [6, 6.07) is 1.93. The molecule has 6 heteroatoms. The second-order valence-corrected chi connectivity index (χ2v) is 4.31. The maximum atomic E-state index is 10.6. The molecule has 1 heterocycles. The molecule has 0 radical (unpaired) electrons. The molecular weight excluding hydrogens is 234 g/mol. The average Bonchev–Trinajstić information content (AvgIpc) is 2.51. The van der Waals surface area contributed by atoms with Crippen LogP contribution in [0.15, 0.2) is 4.99 Å². The summed E-state index contributed by atoms with van der Waals surface area (Å²) in [5, 5.41) is 9.48. The Morgan fingerprint density at radius 3 is 2.73 bits per heavy atom. The van der Waals surface area contributed by atoms with Crippen LogP contribution >= 0.6 is 22.9 Å². The van der Waals surface area contributed by atoms with Crippen molar-refractivity contribution in [2.45, 2.75) is 0 Å². The summed E-state index contributed by atoms with van der Waals surface area (Å²) >= 11 is 6.92. The fourth-order valence-corrected chi connectivity index (χ4v) is 1.99. The lowest BCUT2D eigenvalue weighted by Gasteiger charge is -2.00.